The van der Waals surface area contributed by atoms with Crippen LogP contribution in [0.25, 0.3) is 0 Å². The first kappa shape index (κ1) is 17.1. The van der Waals surface area contributed by atoms with Gasteiger partial charge in [-0.05, 0) is 12.5 Å². The summed E-state index contributed by atoms with van der Waals surface area (Å²) in [5, 5.41) is 9.32. The third-order valence-corrected chi connectivity index (χ3v) is 3.74. The van der Waals surface area contributed by atoms with E-state index >= 15 is 0 Å². The zero-order valence-corrected chi connectivity index (χ0v) is 12.8. The van der Waals surface area contributed by atoms with E-state index in [4.69, 9.17) is 14.2 Å². The Morgan fingerprint density at radius 3 is 2.20 bits per heavy atom. The molecule has 1 N–H and O–H groups in total. The van der Waals surface area contributed by atoms with Crippen LogP contribution in [-0.4, -0.2) is 44.2 Å². The molecule has 1 rings (SSSR count). The number of hydrogen-bond acceptors (Lipinski definition) is 4. The Labute approximate surface area is 121 Å². The van der Waals surface area contributed by atoms with Crippen LogP contribution in [0.15, 0.2) is 30.3 Å². The van der Waals surface area contributed by atoms with Gasteiger partial charge >= 0.3 is 0 Å². The van der Waals surface area contributed by atoms with E-state index in [0.717, 1.165) is 5.56 Å². The fourth-order valence-electron chi connectivity index (χ4n) is 2.24. The molecule has 0 aromatic heterocycles. The standard InChI is InChI=1S/C16H26O4/c1-12(16(19-4)15(10-17)18-3)13(2)20-11-14-8-6-5-7-9-14/h5-9,12-13,15-17H,10-11H2,1-4H3/t12-,13-,15+,16-/m0/s1. The molecule has 0 unspecified atom stereocenters. The zero-order chi connectivity index (χ0) is 15.0. The minimum atomic E-state index is -0.335. The molecule has 0 saturated heterocycles. The third kappa shape index (κ3) is 4.87. The molecule has 20 heavy (non-hydrogen) atoms. The summed E-state index contributed by atoms with van der Waals surface area (Å²) in [7, 11) is 3.21. The number of ether oxygens (including phenoxy) is 3. The summed E-state index contributed by atoms with van der Waals surface area (Å²) in [6, 6.07) is 10.1. The second-order valence-corrected chi connectivity index (χ2v) is 5.02. The van der Waals surface area contributed by atoms with Gasteiger partial charge in [0.2, 0.25) is 0 Å². The molecule has 114 valence electrons. The van der Waals surface area contributed by atoms with Gasteiger partial charge in [-0.2, -0.15) is 0 Å². The van der Waals surface area contributed by atoms with Crippen molar-refractivity contribution in [3.63, 3.8) is 0 Å². The van der Waals surface area contributed by atoms with Crippen LogP contribution in [0.1, 0.15) is 19.4 Å². The number of rotatable bonds is 9. The van der Waals surface area contributed by atoms with E-state index in [2.05, 4.69) is 0 Å². The van der Waals surface area contributed by atoms with Crippen molar-refractivity contribution in [1.82, 2.24) is 0 Å². The summed E-state index contributed by atoms with van der Waals surface area (Å²) >= 11 is 0. The molecule has 0 bridgehead atoms. The highest BCUT2D eigenvalue weighted by molar-refractivity contribution is 5.13. The maximum atomic E-state index is 9.32. The SMILES string of the molecule is CO[C@@H]([C@@H](C)[C@H](C)OCc1ccccc1)[C@@H](CO)OC. The van der Waals surface area contributed by atoms with E-state index in [-0.39, 0.29) is 30.8 Å². The maximum absolute atomic E-state index is 9.32. The highest BCUT2D eigenvalue weighted by Gasteiger charge is 2.30. The van der Waals surface area contributed by atoms with E-state index in [1.807, 2.05) is 44.2 Å². The van der Waals surface area contributed by atoms with Crippen LogP contribution in [0.5, 0.6) is 0 Å². The maximum Gasteiger partial charge on any atom is 0.107 e. The summed E-state index contributed by atoms with van der Waals surface area (Å²) in [6.45, 7) is 4.57. The molecule has 0 saturated carbocycles. The van der Waals surface area contributed by atoms with Gasteiger partial charge in [-0.25, -0.2) is 0 Å². The van der Waals surface area contributed by atoms with Crippen LogP contribution in [0, 0.1) is 5.92 Å². The number of aliphatic hydroxyl groups is 1. The molecule has 0 aliphatic heterocycles. The number of hydrogen-bond donors (Lipinski definition) is 1. The second-order valence-electron chi connectivity index (χ2n) is 5.02. The van der Waals surface area contributed by atoms with Gasteiger partial charge in [0.25, 0.3) is 0 Å². The van der Waals surface area contributed by atoms with Gasteiger partial charge in [-0.15, -0.1) is 0 Å². The van der Waals surface area contributed by atoms with E-state index in [0.29, 0.717) is 6.61 Å². The summed E-state index contributed by atoms with van der Waals surface area (Å²) in [6.07, 6.45) is -0.530. The van der Waals surface area contributed by atoms with Gasteiger partial charge in [-0.1, -0.05) is 37.3 Å². The lowest BCUT2D eigenvalue weighted by molar-refractivity contribution is -0.113. The Balaban J connectivity index is 2.54. The lowest BCUT2D eigenvalue weighted by Gasteiger charge is -2.32. The molecule has 4 nitrogen and oxygen atoms in total. The van der Waals surface area contributed by atoms with Gasteiger partial charge in [0, 0.05) is 20.1 Å². The lowest BCUT2D eigenvalue weighted by atomic mass is 9.94. The number of methoxy groups -OCH3 is 2. The van der Waals surface area contributed by atoms with Gasteiger partial charge in [0.15, 0.2) is 0 Å². The van der Waals surface area contributed by atoms with Crippen molar-refractivity contribution in [3.05, 3.63) is 35.9 Å². The zero-order valence-electron chi connectivity index (χ0n) is 12.8. The summed E-state index contributed by atoms with van der Waals surface area (Å²) in [5.74, 6) is 0.112. The molecule has 1 aromatic carbocycles. The topological polar surface area (TPSA) is 47.9 Å². The fourth-order valence-corrected chi connectivity index (χ4v) is 2.24. The first-order chi connectivity index (χ1) is 9.63. The average Bonchev–Trinajstić information content (AvgIpc) is 2.50. The van der Waals surface area contributed by atoms with Gasteiger partial charge in [-0.3, -0.25) is 0 Å². The molecule has 0 heterocycles. The van der Waals surface area contributed by atoms with Crippen LogP contribution in [0.4, 0.5) is 0 Å². The molecule has 0 spiro atoms. The van der Waals surface area contributed by atoms with Crippen LogP contribution < -0.4 is 0 Å². The Hall–Kier alpha value is -0.940. The first-order valence-corrected chi connectivity index (χ1v) is 6.96. The predicted octanol–water partition coefficient (Wildman–Crippen LogP) is 2.25. The van der Waals surface area contributed by atoms with Crippen LogP contribution in [0.3, 0.4) is 0 Å². The normalized spacial score (nSPS) is 17.4. The summed E-state index contributed by atoms with van der Waals surface area (Å²) in [4.78, 5) is 0. The molecule has 1 aromatic rings. The van der Waals surface area contributed by atoms with Gasteiger partial charge < -0.3 is 19.3 Å². The molecular weight excluding hydrogens is 256 g/mol. The smallest absolute Gasteiger partial charge is 0.107 e. The highest BCUT2D eigenvalue weighted by atomic mass is 16.5. The second kappa shape index (κ2) is 9.08. The van der Waals surface area contributed by atoms with Crippen molar-refractivity contribution in [2.24, 2.45) is 5.92 Å². The van der Waals surface area contributed by atoms with E-state index < -0.39 is 0 Å². The summed E-state index contributed by atoms with van der Waals surface area (Å²) < 4.78 is 16.6. The average molecular weight is 282 g/mol. The first-order valence-electron chi connectivity index (χ1n) is 6.96. The molecule has 0 aliphatic rings. The van der Waals surface area contributed by atoms with E-state index in [1.54, 1.807) is 14.2 Å². The molecule has 0 aliphatic carbocycles. The van der Waals surface area contributed by atoms with Crippen LogP contribution in [-0.2, 0) is 20.8 Å². The van der Waals surface area contributed by atoms with Crippen molar-refractivity contribution in [2.45, 2.75) is 38.8 Å². The van der Waals surface area contributed by atoms with Crippen LogP contribution in [0.2, 0.25) is 0 Å². The van der Waals surface area contributed by atoms with Crippen molar-refractivity contribution in [1.29, 1.82) is 0 Å². The predicted molar refractivity (Wildman–Crippen MR) is 78.5 cm³/mol. The molecule has 0 radical (unpaired) electrons. The number of aliphatic hydroxyl groups excluding tert-OH is 1. The summed E-state index contributed by atoms with van der Waals surface area (Å²) in [5.41, 5.74) is 1.14. The largest absolute Gasteiger partial charge is 0.394 e. The van der Waals surface area contributed by atoms with Crippen molar-refractivity contribution in [3.8, 4) is 0 Å². The third-order valence-electron chi connectivity index (χ3n) is 3.74. The van der Waals surface area contributed by atoms with E-state index in [9.17, 15) is 5.11 Å². The van der Waals surface area contributed by atoms with E-state index in [1.165, 1.54) is 0 Å². The highest BCUT2D eigenvalue weighted by Crippen LogP contribution is 2.20. The Morgan fingerprint density at radius 1 is 1.05 bits per heavy atom. The fraction of sp³-hybridized carbons (Fsp3) is 0.625. The molecule has 0 amide bonds. The monoisotopic (exact) mass is 282 g/mol. The minimum absolute atomic E-state index is 0.00403. The van der Waals surface area contributed by atoms with Gasteiger partial charge in [0.1, 0.15) is 6.10 Å². The van der Waals surface area contributed by atoms with Crippen molar-refractivity contribution in [2.75, 3.05) is 20.8 Å². The molecule has 4 heteroatoms. The molecular formula is C16H26O4. The Kier molecular flexibility index (Phi) is 7.77. The molecule has 4 atom stereocenters. The van der Waals surface area contributed by atoms with Crippen LogP contribution >= 0.6 is 0 Å². The quantitative estimate of drug-likeness (QED) is 0.754. The minimum Gasteiger partial charge on any atom is -0.394 e. The lowest BCUT2D eigenvalue weighted by Crippen LogP contribution is -2.42. The van der Waals surface area contributed by atoms with Gasteiger partial charge in [0.05, 0.1) is 25.4 Å². The molecule has 0 fully saturated rings. The Bertz CT molecular complexity index is 351. The van der Waals surface area contributed by atoms with Crippen molar-refractivity contribution < 1.29 is 19.3 Å². The van der Waals surface area contributed by atoms with Crippen molar-refractivity contribution >= 4 is 0 Å². The number of benzene rings is 1. The Morgan fingerprint density at radius 2 is 1.70 bits per heavy atom.